The Balaban J connectivity index is 1.89. The molecule has 1 amide bonds. The second-order valence-electron chi connectivity index (χ2n) is 7.65. The van der Waals surface area contributed by atoms with Gasteiger partial charge in [0.1, 0.15) is 22.1 Å². The van der Waals surface area contributed by atoms with E-state index in [1.807, 2.05) is 0 Å². The fourth-order valence-corrected chi connectivity index (χ4v) is 5.34. The number of nitrogens with one attached hydrogen (secondary N) is 1. The highest BCUT2D eigenvalue weighted by Gasteiger charge is 2.32. The van der Waals surface area contributed by atoms with Gasteiger partial charge in [0.15, 0.2) is 0 Å². The van der Waals surface area contributed by atoms with Gasteiger partial charge in [0.25, 0.3) is 5.91 Å². The van der Waals surface area contributed by atoms with Gasteiger partial charge in [0.05, 0.1) is 19.9 Å². The number of anilines is 1. The fourth-order valence-electron chi connectivity index (χ4n) is 3.60. The molecule has 1 aromatic heterocycles. The molecule has 0 atom stereocenters. The number of rotatable bonds is 6. The molecule has 0 unspecified atom stereocenters. The highest BCUT2D eigenvalue weighted by Crippen LogP contribution is 2.31. The molecule has 9 heteroatoms. The zero-order valence-corrected chi connectivity index (χ0v) is 18.9. The SMILES string of the molecule is COc1ccc(NC(=O)c2cc(S(=O)(=O)N3CCC(C)CC3)c(C)n2C)c(OC)c1. The zero-order valence-electron chi connectivity index (χ0n) is 18.1. The molecule has 1 aliphatic heterocycles. The monoisotopic (exact) mass is 435 g/mol. The average molecular weight is 436 g/mol. The minimum absolute atomic E-state index is 0.173. The summed E-state index contributed by atoms with van der Waals surface area (Å²) in [7, 11) is 1.08. The van der Waals surface area contributed by atoms with Gasteiger partial charge in [-0.1, -0.05) is 6.92 Å². The van der Waals surface area contributed by atoms with Crippen LogP contribution in [0.1, 0.15) is 35.9 Å². The molecule has 1 N–H and O–H groups in total. The Labute approximate surface area is 177 Å². The van der Waals surface area contributed by atoms with Gasteiger partial charge in [0, 0.05) is 31.9 Å². The Kier molecular flexibility index (Phi) is 6.42. The van der Waals surface area contributed by atoms with Crippen molar-refractivity contribution < 1.29 is 22.7 Å². The van der Waals surface area contributed by atoms with E-state index < -0.39 is 15.9 Å². The molecule has 0 bridgehead atoms. The Morgan fingerprint density at radius 2 is 1.80 bits per heavy atom. The quantitative estimate of drug-likeness (QED) is 0.753. The van der Waals surface area contributed by atoms with Gasteiger partial charge in [0.2, 0.25) is 10.0 Å². The first-order valence-electron chi connectivity index (χ1n) is 9.89. The smallest absolute Gasteiger partial charge is 0.272 e. The van der Waals surface area contributed by atoms with Crippen LogP contribution in [0.2, 0.25) is 0 Å². The molecule has 30 heavy (non-hydrogen) atoms. The number of methoxy groups -OCH3 is 2. The summed E-state index contributed by atoms with van der Waals surface area (Å²) < 4.78 is 40.0. The molecule has 1 saturated heterocycles. The molecule has 1 aromatic carbocycles. The summed E-state index contributed by atoms with van der Waals surface area (Å²) in [4.78, 5) is 13.1. The van der Waals surface area contributed by atoms with Gasteiger partial charge in [-0.3, -0.25) is 4.79 Å². The third kappa shape index (κ3) is 4.17. The van der Waals surface area contributed by atoms with Crippen LogP contribution in [-0.4, -0.2) is 50.5 Å². The lowest BCUT2D eigenvalue weighted by molar-refractivity contribution is 0.101. The van der Waals surface area contributed by atoms with Crippen molar-refractivity contribution in [2.75, 3.05) is 32.6 Å². The number of ether oxygens (including phenoxy) is 2. The van der Waals surface area contributed by atoms with Crippen LogP contribution in [0.15, 0.2) is 29.2 Å². The van der Waals surface area contributed by atoms with Crippen LogP contribution in [0, 0.1) is 12.8 Å². The van der Waals surface area contributed by atoms with Gasteiger partial charge in [-0.25, -0.2) is 8.42 Å². The minimum atomic E-state index is -3.65. The molecule has 1 fully saturated rings. The lowest BCUT2D eigenvalue weighted by atomic mass is 10.0. The van der Waals surface area contributed by atoms with Crippen molar-refractivity contribution in [1.29, 1.82) is 0 Å². The van der Waals surface area contributed by atoms with Gasteiger partial charge < -0.3 is 19.4 Å². The lowest BCUT2D eigenvalue weighted by Gasteiger charge is -2.29. The van der Waals surface area contributed by atoms with E-state index in [-0.39, 0.29) is 10.6 Å². The van der Waals surface area contributed by atoms with E-state index >= 15 is 0 Å². The van der Waals surface area contributed by atoms with E-state index in [0.717, 1.165) is 12.8 Å². The molecule has 0 aliphatic carbocycles. The molecule has 2 aromatic rings. The largest absolute Gasteiger partial charge is 0.497 e. The number of carbonyl (C=O) groups is 1. The Hall–Kier alpha value is -2.52. The minimum Gasteiger partial charge on any atom is -0.497 e. The Bertz CT molecular complexity index is 1040. The van der Waals surface area contributed by atoms with E-state index in [1.165, 1.54) is 17.5 Å². The van der Waals surface area contributed by atoms with Crippen molar-refractivity contribution >= 4 is 21.6 Å². The number of aromatic nitrogens is 1. The van der Waals surface area contributed by atoms with Crippen molar-refractivity contribution in [3.05, 3.63) is 35.7 Å². The maximum Gasteiger partial charge on any atom is 0.272 e. The maximum absolute atomic E-state index is 13.2. The zero-order chi connectivity index (χ0) is 22.1. The van der Waals surface area contributed by atoms with Crippen LogP contribution in [0.4, 0.5) is 5.69 Å². The first-order valence-corrected chi connectivity index (χ1v) is 11.3. The average Bonchev–Trinajstić information content (AvgIpc) is 3.04. The summed E-state index contributed by atoms with van der Waals surface area (Å²) in [6.45, 7) is 4.85. The van der Waals surface area contributed by atoms with Crippen LogP contribution in [0.3, 0.4) is 0 Å². The van der Waals surface area contributed by atoms with E-state index in [4.69, 9.17) is 9.47 Å². The molecule has 0 radical (unpaired) electrons. The molecular weight excluding hydrogens is 406 g/mol. The number of amides is 1. The molecular formula is C21H29N3O5S. The number of nitrogens with zero attached hydrogens (tertiary/aromatic N) is 2. The third-order valence-corrected chi connectivity index (χ3v) is 7.75. The van der Waals surface area contributed by atoms with Gasteiger partial charge in [-0.15, -0.1) is 0 Å². The second-order valence-corrected chi connectivity index (χ2v) is 9.55. The van der Waals surface area contributed by atoms with Crippen LogP contribution in [0.25, 0.3) is 0 Å². The first kappa shape index (κ1) is 22.2. The molecule has 0 saturated carbocycles. The van der Waals surface area contributed by atoms with Crippen LogP contribution < -0.4 is 14.8 Å². The predicted octanol–water partition coefficient (Wildman–Crippen LogP) is 3.02. The molecule has 164 valence electrons. The van der Waals surface area contributed by atoms with Crippen LogP contribution >= 0.6 is 0 Å². The Morgan fingerprint density at radius 3 is 2.40 bits per heavy atom. The summed E-state index contributed by atoms with van der Waals surface area (Å²) in [6.07, 6.45) is 1.69. The molecule has 8 nitrogen and oxygen atoms in total. The van der Waals surface area contributed by atoms with E-state index in [0.29, 0.717) is 41.9 Å². The third-order valence-electron chi connectivity index (χ3n) is 5.74. The fraction of sp³-hybridized carbons (Fsp3) is 0.476. The predicted molar refractivity (Wildman–Crippen MR) is 115 cm³/mol. The Morgan fingerprint density at radius 1 is 1.13 bits per heavy atom. The molecule has 2 heterocycles. The topological polar surface area (TPSA) is 89.9 Å². The molecule has 3 rings (SSSR count). The normalized spacial score (nSPS) is 15.8. The number of benzene rings is 1. The van der Waals surface area contributed by atoms with Gasteiger partial charge in [-0.2, -0.15) is 4.31 Å². The molecule has 0 spiro atoms. The summed E-state index contributed by atoms with van der Waals surface area (Å²) >= 11 is 0. The van der Waals surface area contributed by atoms with Crippen molar-refractivity contribution in [3.8, 4) is 11.5 Å². The summed E-state index contributed by atoms with van der Waals surface area (Å²) in [5, 5.41) is 2.80. The van der Waals surface area contributed by atoms with E-state index in [2.05, 4.69) is 12.2 Å². The van der Waals surface area contributed by atoms with Gasteiger partial charge >= 0.3 is 0 Å². The van der Waals surface area contributed by atoms with E-state index in [1.54, 1.807) is 43.8 Å². The van der Waals surface area contributed by atoms with E-state index in [9.17, 15) is 13.2 Å². The first-order chi connectivity index (χ1) is 14.2. The standard InChI is InChI=1S/C21H29N3O5S/c1-14-8-10-24(11-9-14)30(26,27)20-13-18(23(3)15(20)2)21(25)22-17-7-6-16(28-4)12-19(17)29-5/h6-7,12-14H,8-11H2,1-5H3,(H,22,25). The van der Waals surface area contributed by atoms with Crippen LogP contribution in [-0.2, 0) is 17.1 Å². The van der Waals surface area contributed by atoms with Gasteiger partial charge in [-0.05, 0) is 43.9 Å². The molecule has 1 aliphatic rings. The number of piperidine rings is 1. The lowest BCUT2D eigenvalue weighted by Crippen LogP contribution is -2.38. The number of hydrogen-bond donors (Lipinski definition) is 1. The van der Waals surface area contributed by atoms with Crippen LogP contribution in [0.5, 0.6) is 11.5 Å². The summed E-state index contributed by atoms with van der Waals surface area (Å²) in [5.41, 5.74) is 1.26. The summed E-state index contributed by atoms with van der Waals surface area (Å²) in [6, 6.07) is 6.51. The number of carbonyl (C=O) groups excluding carboxylic acids is 1. The van der Waals surface area contributed by atoms with Crippen molar-refractivity contribution in [3.63, 3.8) is 0 Å². The summed E-state index contributed by atoms with van der Waals surface area (Å²) in [5.74, 6) is 1.15. The van der Waals surface area contributed by atoms with Crippen molar-refractivity contribution in [2.24, 2.45) is 13.0 Å². The highest BCUT2D eigenvalue weighted by molar-refractivity contribution is 7.89. The second kappa shape index (κ2) is 8.69. The maximum atomic E-state index is 13.2. The van der Waals surface area contributed by atoms with Crippen molar-refractivity contribution in [2.45, 2.75) is 31.6 Å². The number of sulfonamides is 1. The van der Waals surface area contributed by atoms with Crippen molar-refractivity contribution in [1.82, 2.24) is 8.87 Å². The number of hydrogen-bond acceptors (Lipinski definition) is 5. The highest BCUT2D eigenvalue weighted by atomic mass is 32.2.